The lowest BCUT2D eigenvalue weighted by Gasteiger charge is -2.33. The minimum absolute atomic E-state index is 0.0309. The van der Waals surface area contributed by atoms with Gasteiger partial charge in [-0.25, -0.2) is 15.0 Å². The fourth-order valence-electron chi connectivity index (χ4n) is 5.27. The van der Waals surface area contributed by atoms with Gasteiger partial charge in [0.15, 0.2) is 0 Å². The maximum Gasteiger partial charge on any atom is 0.416 e. The number of aromatic nitrogens is 3. The number of imidazole rings is 1. The Kier molecular flexibility index (Phi) is 12.3. The molecule has 15 heteroatoms. The predicted octanol–water partition coefficient (Wildman–Crippen LogP) is 4.70. The lowest BCUT2D eigenvalue weighted by Crippen LogP contribution is -2.44. The molecular formula is C33H41F3N8O4. The molecule has 3 heterocycles. The van der Waals surface area contributed by atoms with Crippen molar-refractivity contribution in [2.75, 3.05) is 58.9 Å². The molecule has 0 bridgehead atoms. The van der Waals surface area contributed by atoms with E-state index in [0.29, 0.717) is 49.1 Å². The third kappa shape index (κ3) is 9.64. The lowest BCUT2D eigenvalue weighted by atomic mass is 9.97. The smallest absolute Gasteiger partial charge is 0.416 e. The van der Waals surface area contributed by atoms with Gasteiger partial charge in [-0.15, -0.1) is 0 Å². The van der Waals surface area contributed by atoms with Crippen LogP contribution in [0.15, 0.2) is 53.9 Å². The number of alkyl halides is 3. The van der Waals surface area contributed by atoms with Crippen LogP contribution in [-0.4, -0.2) is 95.5 Å². The zero-order valence-electron chi connectivity index (χ0n) is 27.5. The molecule has 0 aliphatic carbocycles. The minimum Gasteiger partial charge on any atom is -0.493 e. The number of hydrogen-bond donors (Lipinski definition) is 2. The van der Waals surface area contributed by atoms with Crippen LogP contribution < -0.4 is 15.8 Å². The summed E-state index contributed by atoms with van der Waals surface area (Å²) in [6.07, 6.45) is 3.15. The fourth-order valence-corrected chi connectivity index (χ4v) is 5.27. The Hall–Kier alpha value is -4.76. The first-order chi connectivity index (χ1) is 22.9. The molecule has 1 fully saturated rings. The van der Waals surface area contributed by atoms with Crippen molar-refractivity contribution in [3.05, 3.63) is 65.9 Å². The summed E-state index contributed by atoms with van der Waals surface area (Å²) < 4.78 is 52.3. The summed E-state index contributed by atoms with van der Waals surface area (Å²) in [5.74, 6) is 0.529. The van der Waals surface area contributed by atoms with Crippen molar-refractivity contribution in [2.45, 2.75) is 38.8 Å². The molecule has 3 aromatic rings. The fraction of sp³-hybridized carbons (Fsp3) is 0.424. The van der Waals surface area contributed by atoms with Crippen LogP contribution >= 0.6 is 0 Å². The first kappa shape index (κ1) is 36.1. The normalized spacial score (nSPS) is 15.7. The van der Waals surface area contributed by atoms with Gasteiger partial charge in [-0.05, 0) is 64.1 Å². The van der Waals surface area contributed by atoms with E-state index in [4.69, 9.17) is 20.2 Å². The number of amides is 2. The number of aliphatic imine (C=N–C) groups is 1. The van der Waals surface area contributed by atoms with E-state index >= 15 is 0 Å². The van der Waals surface area contributed by atoms with E-state index in [2.05, 4.69) is 15.3 Å². The number of piperidine rings is 1. The van der Waals surface area contributed by atoms with Crippen molar-refractivity contribution in [2.24, 2.45) is 10.7 Å². The highest BCUT2D eigenvalue weighted by molar-refractivity contribution is 6.04. The maximum absolute atomic E-state index is 13.2. The highest BCUT2D eigenvalue weighted by Crippen LogP contribution is 2.35. The van der Waals surface area contributed by atoms with Gasteiger partial charge in [-0.2, -0.15) is 13.2 Å². The largest absolute Gasteiger partial charge is 0.493 e. The lowest BCUT2D eigenvalue weighted by molar-refractivity contribution is -0.137. The Morgan fingerprint density at radius 3 is 2.75 bits per heavy atom. The summed E-state index contributed by atoms with van der Waals surface area (Å²) in [7, 11) is 3.51. The monoisotopic (exact) mass is 670 g/mol. The van der Waals surface area contributed by atoms with Crippen LogP contribution in [0.1, 0.15) is 54.4 Å². The van der Waals surface area contributed by atoms with Crippen molar-refractivity contribution >= 4 is 29.7 Å². The van der Waals surface area contributed by atoms with Crippen LogP contribution in [0.4, 0.5) is 19.0 Å². The molecule has 2 amide bonds. The van der Waals surface area contributed by atoms with E-state index in [0.717, 1.165) is 37.0 Å². The number of hydrogen-bond acceptors (Lipinski definition) is 8. The topological polar surface area (TPSA) is 140 Å². The molecule has 0 spiro atoms. The average Bonchev–Trinajstić information content (AvgIpc) is 3.47. The Labute approximate surface area is 277 Å². The zero-order valence-corrected chi connectivity index (χ0v) is 27.5. The number of pyridine rings is 1. The number of likely N-dealkylation sites (tertiary alicyclic amines) is 1. The van der Waals surface area contributed by atoms with E-state index < -0.39 is 17.6 Å². The van der Waals surface area contributed by atoms with Crippen LogP contribution in [-0.2, 0) is 15.7 Å². The van der Waals surface area contributed by atoms with Gasteiger partial charge >= 0.3 is 6.18 Å². The second-order valence-electron chi connectivity index (χ2n) is 11.4. The van der Waals surface area contributed by atoms with Crippen molar-refractivity contribution in [3.8, 4) is 17.0 Å². The summed E-state index contributed by atoms with van der Waals surface area (Å²) in [4.78, 5) is 43.0. The minimum atomic E-state index is -4.58. The van der Waals surface area contributed by atoms with E-state index in [1.807, 2.05) is 27.6 Å². The molecule has 1 aromatic carbocycles. The Balaban J connectivity index is 1.63. The predicted molar refractivity (Wildman–Crippen MR) is 177 cm³/mol. The standard InChI is InChI=1S/C33H41F3N8O4/c1-5-48-28-17-23(32(46)41-29-18-25(10-11-39-29)33(34,35)36)8-9-26(28)27-20-44(14-12-38-22(2)37)31(40-27)24-7-6-13-43(19-24)30(45)21-42(3)15-16-47-4/h8-12,14,17-18,20,24H,5-7,13,15-16,19,21H2,1-4H3,(H2,37,38)(H,39,41,46)/b14-12-. The molecular weight excluding hydrogens is 629 g/mol. The summed E-state index contributed by atoms with van der Waals surface area (Å²) in [6, 6.07) is 6.33. The number of halogens is 3. The first-order valence-electron chi connectivity index (χ1n) is 15.5. The number of nitrogens with one attached hydrogen (secondary N) is 1. The number of benzene rings is 1. The van der Waals surface area contributed by atoms with Crippen LogP contribution in [0, 0.1) is 0 Å². The highest BCUT2D eigenvalue weighted by atomic mass is 19.4. The van der Waals surface area contributed by atoms with E-state index in [9.17, 15) is 22.8 Å². The van der Waals surface area contributed by atoms with E-state index in [1.165, 1.54) is 6.07 Å². The zero-order chi connectivity index (χ0) is 34.8. The Bertz CT molecular complexity index is 1630. The van der Waals surface area contributed by atoms with Crippen LogP contribution in [0.2, 0.25) is 0 Å². The number of nitrogens with zero attached hydrogens (tertiary/aromatic N) is 6. The third-order valence-electron chi connectivity index (χ3n) is 7.64. The number of carbonyl (C=O) groups excluding carboxylic acids is 2. The number of amidine groups is 1. The Morgan fingerprint density at radius 2 is 2.04 bits per heavy atom. The Morgan fingerprint density at radius 1 is 1.25 bits per heavy atom. The molecule has 258 valence electrons. The average molecular weight is 671 g/mol. The van der Waals surface area contributed by atoms with Crippen molar-refractivity contribution < 1.29 is 32.2 Å². The molecule has 0 radical (unpaired) electrons. The number of anilines is 1. The van der Waals surface area contributed by atoms with Gasteiger partial charge in [-0.1, -0.05) is 0 Å². The molecule has 48 heavy (non-hydrogen) atoms. The van der Waals surface area contributed by atoms with E-state index in [-0.39, 0.29) is 36.4 Å². The SMILES string of the molecule is CCOc1cc(C(=O)Nc2cc(C(F)(F)F)ccn2)ccc1-c1cn(/C=C\N=C(C)N)c(C2CCCN(C(=O)CN(C)CCOC)C2)n1. The van der Waals surface area contributed by atoms with Gasteiger partial charge in [0.25, 0.3) is 5.91 Å². The summed E-state index contributed by atoms with van der Waals surface area (Å²) >= 11 is 0. The first-order valence-corrected chi connectivity index (χ1v) is 15.5. The van der Waals surface area contributed by atoms with Crippen molar-refractivity contribution in [1.82, 2.24) is 24.3 Å². The number of nitrogens with two attached hydrogens (primary N) is 1. The number of methoxy groups -OCH3 is 1. The van der Waals surface area contributed by atoms with Crippen LogP contribution in [0.5, 0.6) is 5.75 Å². The number of likely N-dealkylation sites (N-methyl/N-ethyl adjacent to an activating group) is 1. The molecule has 0 saturated carbocycles. The number of ether oxygens (including phenoxy) is 2. The number of carbonyl (C=O) groups is 2. The van der Waals surface area contributed by atoms with Crippen molar-refractivity contribution in [3.63, 3.8) is 0 Å². The summed E-state index contributed by atoms with van der Waals surface area (Å²) in [5.41, 5.74) is 6.12. The third-order valence-corrected chi connectivity index (χ3v) is 7.64. The van der Waals surface area contributed by atoms with Gasteiger partial charge in [0.2, 0.25) is 5.91 Å². The van der Waals surface area contributed by atoms with Crippen LogP contribution in [0.25, 0.3) is 17.5 Å². The molecule has 2 aromatic heterocycles. The van der Waals surface area contributed by atoms with Gasteiger partial charge < -0.3 is 30.0 Å². The summed E-state index contributed by atoms with van der Waals surface area (Å²) in [5, 5.41) is 2.42. The summed E-state index contributed by atoms with van der Waals surface area (Å²) in [6.45, 7) is 6.35. The number of rotatable bonds is 13. The van der Waals surface area contributed by atoms with Gasteiger partial charge in [0.05, 0.1) is 36.9 Å². The molecule has 1 atom stereocenters. The molecule has 1 unspecified atom stereocenters. The van der Waals surface area contributed by atoms with Gasteiger partial charge in [-0.3, -0.25) is 14.5 Å². The molecule has 1 saturated heterocycles. The second kappa shape index (κ2) is 16.4. The molecule has 3 N–H and O–H groups in total. The maximum atomic E-state index is 13.2. The quantitative estimate of drug-likeness (QED) is 0.197. The van der Waals surface area contributed by atoms with Crippen LogP contribution in [0.3, 0.4) is 0 Å². The van der Waals surface area contributed by atoms with Gasteiger partial charge in [0.1, 0.15) is 17.4 Å². The highest BCUT2D eigenvalue weighted by Gasteiger charge is 2.31. The van der Waals surface area contributed by atoms with Gasteiger partial charge in [0, 0.05) is 68.6 Å². The molecule has 12 nitrogen and oxygen atoms in total. The van der Waals surface area contributed by atoms with Crippen molar-refractivity contribution in [1.29, 1.82) is 0 Å². The second-order valence-corrected chi connectivity index (χ2v) is 11.4. The molecule has 1 aliphatic rings. The molecule has 1 aliphatic heterocycles. The molecule has 4 rings (SSSR count). The van der Waals surface area contributed by atoms with E-state index in [1.54, 1.807) is 45.5 Å².